The Labute approximate surface area is 175 Å². The summed E-state index contributed by atoms with van der Waals surface area (Å²) in [6, 6.07) is 9.67. The van der Waals surface area contributed by atoms with Crippen LogP contribution in [0.25, 0.3) is 0 Å². The van der Waals surface area contributed by atoms with E-state index in [4.69, 9.17) is 9.64 Å². The molecule has 0 N–H and O–H groups in total. The molecule has 1 aromatic carbocycles. The second-order valence-corrected chi connectivity index (χ2v) is 9.63. The third-order valence-electron chi connectivity index (χ3n) is 5.59. The number of hydrogen-bond donors (Lipinski definition) is 0. The van der Waals surface area contributed by atoms with Crippen molar-refractivity contribution in [1.82, 2.24) is 13.6 Å². The van der Waals surface area contributed by atoms with E-state index >= 15 is 0 Å². The number of piperidine rings is 1. The summed E-state index contributed by atoms with van der Waals surface area (Å²) in [4.78, 5) is 2.58. The van der Waals surface area contributed by atoms with E-state index in [2.05, 4.69) is 41.0 Å². The van der Waals surface area contributed by atoms with Gasteiger partial charge >= 0.3 is 0 Å². The Morgan fingerprint density at radius 1 is 1.25 bits per heavy atom. The van der Waals surface area contributed by atoms with Crippen LogP contribution in [0.3, 0.4) is 0 Å². The van der Waals surface area contributed by atoms with Crippen molar-refractivity contribution in [3.63, 3.8) is 0 Å². The molecule has 28 heavy (non-hydrogen) atoms. The molecule has 4 atom stereocenters. The Balaban J connectivity index is 1.53. The zero-order valence-corrected chi connectivity index (χ0v) is 17.9. The lowest BCUT2D eigenvalue weighted by atomic mass is 9.89. The first-order valence-corrected chi connectivity index (χ1v) is 11.5. The van der Waals surface area contributed by atoms with Crippen molar-refractivity contribution in [3.05, 3.63) is 41.1 Å². The highest BCUT2D eigenvalue weighted by molar-refractivity contribution is 8.00. The molecule has 4 nitrogen and oxygen atoms in total. The molecule has 6 heteroatoms. The first kappa shape index (κ1) is 19.5. The van der Waals surface area contributed by atoms with Crippen LogP contribution in [0.1, 0.15) is 49.4 Å². The number of nitrogens with zero attached hydrogens (tertiary/aromatic N) is 4. The van der Waals surface area contributed by atoms with Gasteiger partial charge in [0.2, 0.25) is 0 Å². The molecule has 144 valence electrons. The smallest absolute Gasteiger partial charge is 0.135 e. The summed E-state index contributed by atoms with van der Waals surface area (Å²) in [5, 5.41) is 10.3. The van der Waals surface area contributed by atoms with Gasteiger partial charge in [-0.25, -0.2) is 0 Å². The third-order valence-corrected chi connectivity index (χ3v) is 7.69. The molecule has 1 aromatic heterocycles. The van der Waals surface area contributed by atoms with Gasteiger partial charge in [0.1, 0.15) is 5.03 Å². The molecule has 4 rings (SSSR count). The fourth-order valence-corrected chi connectivity index (χ4v) is 5.89. The lowest BCUT2D eigenvalue weighted by Crippen LogP contribution is -2.25. The Kier molecular flexibility index (Phi) is 6.01. The van der Waals surface area contributed by atoms with Crippen molar-refractivity contribution < 1.29 is 0 Å². The van der Waals surface area contributed by atoms with E-state index in [1.165, 1.54) is 43.4 Å². The molecule has 2 bridgehead atoms. The van der Waals surface area contributed by atoms with Gasteiger partial charge in [0.25, 0.3) is 0 Å². The predicted molar refractivity (Wildman–Crippen MR) is 114 cm³/mol. The Hall–Kier alpha value is -1.86. The van der Waals surface area contributed by atoms with Gasteiger partial charge in [-0.3, -0.25) is 0 Å². The summed E-state index contributed by atoms with van der Waals surface area (Å²) in [6.07, 6.45) is 2.62. The van der Waals surface area contributed by atoms with E-state index in [-0.39, 0.29) is 5.25 Å². The average molecular weight is 409 g/mol. The third kappa shape index (κ3) is 4.25. The molecule has 2 saturated heterocycles. The van der Waals surface area contributed by atoms with Crippen LogP contribution in [0.4, 0.5) is 0 Å². The number of benzene rings is 1. The highest BCUT2D eigenvalue weighted by Gasteiger charge is 2.39. The van der Waals surface area contributed by atoms with Crippen molar-refractivity contribution in [3.8, 4) is 17.9 Å². The van der Waals surface area contributed by atoms with Gasteiger partial charge in [0.05, 0.1) is 34.3 Å². The average Bonchev–Trinajstić information content (AvgIpc) is 3.28. The minimum Gasteiger partial charge on any atom is -0.302 e. The molecule has 2 aliphatic heterocycles. The van der Waals surface area contributed by atoms with Crippen LogP contribution in [0.2, 0.25) is 0 Å². The summed E-state index contributed by atoms with van der Waals surface area (Å²) in [6.45, 7) is 7.98. The van der Waals surface area contributed by atoms with Crippen LogP contribution in [-0.4, -0.2) is 38.5 Å². The standard InChI is InChI=1S/C22H24N4S2/c1-15(2)20(9-8-16-5-3-6-17(11-16)12-23)27-22-21(24-28-25-22)19-14-26-10-4-7-18(19)13-26/h3,5-6,11,15,18-20H,4,7,10,13-14H2,1-2H3/t18-,19-,20?/m0/s1. The summed E-state index contributed by atoms with van der Waals surface area (Å²) in [5.74, 6) is 8.34. The molecule has 2 aliphatic rings. The fourth-order valence-electron chi connectivity index (χ4n) is 4.09. The maximum Gasteiger partial charge on any atom is 0.135 e. The van der Waals surface area contributed by atoms with Crippen LogP contribution in [0.5, 0.6) is 0 Å². The molecule has 0 radical (unpaired) electrons. The molecule has 0 amide bonds. The van der Waals surface area contributed by atoms with Crippen molar-refractivity contribution in [1.29, 1.82) is 5.26 Å². The molecular weight excluding hydrogens is 384 g/mol. The van der Waals surface area contributed by atoms with Crippen LogP contribution in [0, 0.1) is 35.0 Å². The molecule has 2 aromatic rings. The molecule has 0 spiro atoms. The highest BCUT2D eigenvalue weighted by atomic mass is 32.2. The monoisotopic (exact) mass is 408 g/mol. The maximum absolute atomic E-state index is 9.08. The topological polar surface area (TPSA) is 52.8 Å². The molecule has 0 saturated carbocycles. The zero-order chi connectivity index (χ0) is 19.5. The van der Waals surface area contributed by atoms with Crippen LogP contribution in [0.15, 0.2) is 29.3 Å². The highest BCUT2D eigenvalue weighted by Crippen LogP contribution is 2.42. The van der Waals surface area contributed by atoms with E-state index in [1.807, 2.05) is 18.2 Å². The van der Waals surface area contributed by atoms with Gasteiger partial charge in [-0.1, -0.05) is 43.5 Å². The lowest BCUT2D eigenvalue weighted by molar-refractivity contribution is 0.269. The summed E-state index contributed by atoms with van der Waals surface area (Å²) in [7, 11) is 0. The normalized spacial score (nSPS) is 24.4. The largest absolute Gasteiger partial charge is 0.302 e. The summed E-state index contributed by atoms with van der Waals surface area (Å²) in [5.41, 5.74) is 2.73. The van der Waals surface area contributed by atoms with Gasteiger partial charge in [-0.05, 0) is 49.4 Å². The molecule has 3 heterocycles. The summed E-state index contributed by atoms with van der Waals surface area (Å²) < 4.78 is 9.35. The van der Waals surface area contributed by atoms with Gasteiger partial charge in [0, 0.05) is 24.6 Å². The molecule has 2 fully saturated rings. The van der Waals surface area contributed by atoms with E-state index in [9.17, 15) is 0 Å². The van der Waals surface area contributed by atoms with E-state index in [0.29, 0.717) is 17.4 Å². The lowest BCUT2D eigenvalue weighted by Gasteiger charge is -2.21. The van der Waals surface area contributed by atoms with Gasteiger partial charge < -0.3 is 4.90 Å². The van der Waals surface area contributed by atoms with Gasteiger partial charge in [-0.15, -0.1) is 0 Å². The molecule has 2 unspecified atom stereocenters. The maximum atomic E-state index is 9.08. The van der Waals surface area contributed by atoms with E-state index < -0.39 is 0 Å². The molecular formula is C22H24N4S2. The van der Waals surface area contributed by atoms with Crippen molar-refractivity contribution in [2.45, 2.75) is 42.9 Å². The number of rotatable bonds is 4. The van der Waals surface area contributed by atoms with Crippen LogP contribution >= 0.6 is 23.5 Å². The van der Waals surface area contributed by atoms with Crippen LogP contribution in [-0.2, 0) is 0 Å². The second kappa shape index (κ2) is 8.66. The van der Waals surface area contributed by atoms with E-state index in [1.54, 1.807) is 17.8 Å². The summed E-state index contributed by atoms with van der Waals surface area (Å²) >= 11 is 3.10. The van der Waals surface area contributed by atoms with Gasteiger partial charge in [-0.2, -0.15) is 14.0 Å². The zero-order valence-electron chi connectivity index (χ0n) is 16.3. The Bertz CT molecular complexity index is 934. The first-order valence-electron chi connectivity index (χ1n) is 9.87. The fraction of sp³-hybridized carbons (Fsp3) is 0.500. The Morgan fingerprint density at radius 3 is 2.89 bits per heavy atom. The number of thioether (sulfide) groups is 1. The SMILES string of the molecule is CC(C)C(C#Cc1cccc(C#N)c1)Sc1nsnc1[C@H]1CN2CCC[C@H]1C2. The minimum atomic E-state index is 0.148. The Morgan fingerprint density at radius 2 is 2.11 bits per heavy atom. The number of aromatic nitrogens is 2. The van der Waals surface area contributed by atoms with E-state index in [0.717, 1.165) is 23.1 Å². The van der Waals surface area contributed by atoms with Gasteiger partial charge in [0.15, 0.2) is 0 Å². The number of hydrogen-bond acceptors (Lipinski definition) is 6. The van der Waals surface area contributed by atoms with Crippen molar-refractivity contribution in [2.75, 3.05) is 19.6 Å². The van der Waals surface area contributed by atoms with Crippen LogP contribution < -0.4 is 0 Å². The predicted octanol–water partition coefficient (Wildman–Crippen LogP) is 4.39. The molecule has 0 aliphatic carbocycles. The van der Waals surface area contributed by atoms with Crippen molar-refractivity contribution in [2.24, 2.45) is 11.8 Å². The number of fused-ring (bicyclic) bond motifs is 2. The quantitative estimate of drug-likeness (QED) is 0.555. The number of nitriles is 1. The second-order valence-electron chi connectivity index (χ2n) is 7.97. The first-order chi connectivity index (χ1) is 13.6. The van der Waals surface area contributed by atoms with Crippen molar-refractivity contribution >= 4 is 23.5 Å². The minimum absolute atomic E-state index is 0.148.